The molecule has 3 rings (SSSR count). The summed E-state index contributed by atoms with van der Waals surface area (Å²) in [6.45, 7) is 7.33. The maximum atomic E-state index is 13.1. The van der Waals surface area contributed by atoms with Crippen LogP contribution < -0.4 is 10.5 Å². The SMILES string of the molecule is C=CCC(=O)[O][Sb]([O]C(=O)CC=C)([c]1ccccc1)([c]1ccccc1)[c]1ccccc1. The molecular formula is C26H25O4Sb. The molecule has 3 aromatic rings. The molecule has 0 saturated heterocycles. The van der Waals surface area contributed by atoms with Gasteiger partial charge in [0.15, 0.2) is 0 Å². The molecule has 0 unspecified atom stereocenters. The van der Waals surface area contributed by atoms with Gasteiger partial charge in [0.05, 0.1) is 0 Å². The van der Waals surface area contributed by atoms with E-state index in [1.54, 1.807) is 0 Å². The summed E-state index contributed by atoms with van der Waals surface area (Å²) in [6.07, 6.45) is 2.95. The average Bonchev–Trinajstić information content (AvgIpc) is 2.81. The van der Waals surface area contributed by atoms with Crippen molar-refractivity contribution in [2.75, 3.05) is 0 Å². The van der Waals surface area contributed by atoms with Crippen molar-refractivity contribution in [3.8, 4) is 0 Å². The molecule has 0 bridgehead atoms. The van der Waals surface area contributed by atoms with E-state index in [2.05, 4.69) is 13.2 Å². The third-order valence-electron chi connectivity index (χ3n) is 4.85. The normalized spacial score (nSPS) is 12.1. The van der Waals surface area contributed by atoms with E-state index in [4.69, 9.17) is 6.03 Å². The fourth-order valence-corrected chi connectivity index (χ4v) is 16.8. The van der Waals surface area contributed by atoms with Crippen LogP contribution in [-0.2, 0) is 15.6 Å². The van der Waals surface area contributed by atoms with E-state index in [1.807, 2.05) is 91.0 Å². The van der Waals surface area contributed by atoms with E-state index in [1.165, 1.54) is 12.2 Å². The monoisotopic (exact) mass is 522 g/mol. The van der Waals surface area contributed by atoms with Crippen LogP contribution >= 0.6 is 0 Å². The van der Waals surface area contributed by atoms with Crippen molar-refractivity contribution >= 4 is 40.7 Å². The molecule has 0 aromatic heterocycles. The Balaban J connectivity index is 2.50. The van der Waals surface area contributed by atoms with Gasteiger partial charge in [0.2, 0.25) is 0 Å². The Kier molecular flexibility index (Phi) is 7.14. The Morgan fingerprint density at radius 1 is 0.613 bits per heavy atom. The van der Waals surface area contributed by atoms with E-state index >= 15 is 0 Å². The summed E-state index contributed by atoms with van der Waals surface area (Å²) in [6, 6.07) is 28.0. The van der Waals surface area contributed by atoms with E-state index in [9.17, 15) is 9.59 Å². The minimum atomic E-state index is -5.64. The van der Waals surface area contributed by atoms with Crippen LogP contribution in [0.3, 0.4) is 0 Å². The van der Waals surface area contributed by atoms with Gasteiger partial charge >= 0.3 is 185 Å². The van der Waals surface area contributed by atoms with E-state index in [0.29, 0.717) is 10.5 Å². The van der Waals surface area contributed by atoms with Crippen molar-refractivity contribution in [3.63, 3.8) is 0 Å². The first-order valence-corrected chi connectivity index (χ1v) is 15.8. The molecule has 4 nitrogen and oxygen atoms in total. The van der Waals surface area contributed by atoms with Crippen molar-refractivity contribution in [2.24, 2.45) is 0 Å². The van der Waals surface area contributed by atoms with Gasteiger partial charge in [-0.2, -0.15) is 0 Å². The fourth-order valence-electron chi connectivity index (χ4n) is 3.58. The molecule has 0 spiro atoms. The Labute approximate surface area is 185 Å². The quantitative estimate of drug-likeness (QED) is 0.319. The van der Waals surface area contributed by atoms with Gasteiger partial charge in [-0.05, 0) is 0 Å². The van der Waals surface area contributed by atoms with Crippen molar-refractivity contribution in [3.05, 3.63) is 116 Å². The van der Waals surface area contributed by atoms with Crippen LogP contribution in [0.25, 0.3) is 0 Å². The fraction of sp³-hybridized carbons (Fsp3) is 0.0769. The predicted octanol–water partition coefficient (Wildman–Crippen LogP) is 3.34. The molecule has 0 atom stereocenters. The van der Waals surface area contributed by atoms with E-state index in [0.717, 1.165) is 0 Å². The summed E-state index contributed by atoms with van der Waals surface area (Å²) in [7, 11) is 0. The van der Waals surface area contributed by atoms with Gasteiger partial charge in [0, 0.05) is 0 Å². The van der Waals surface area contributed by atoms with Crippen LogP contribution in [0.5, 0.6) is 0 Å². The number of carbonyl (C=O) groups is 2. The van der Waals surface area contributed by atoms with Gasteiger partial charge < -0.3 is 0 Å². The van der Waals surface area contributed by atoms with Crippen LogP contribution in [-0.4, -0.2) is 30.2 Å². The third-order valence-corrected chi connectivity index (χ3v) is 18.6. The zero-order valence-corrected chi connectivity index (χ0v) is 19.8. The summed E-state index contributed by atoms with van der Waals surface area (Å²) in [5.74, 6) is -1.00. The van der Waals surface area contributed by atoms with Crippen molar-refractivity contribution in [1.29, 1.82) is 0 Å². The molecule has 0 heterocycles. The molecular weight excluding hydrogens is 498 g/mol. The molecule has 0 N–H and O–H groups in total. The topological polar surface area (TPSA) is 52.6 Å². The molecule has 0 fully saturated rings. The Morgan fingerprint density at radius 3 is 1.16 bits per heavy atom. The molecule has 5 heteroatoms. The average molecular weight is 523 g/mol. The summed E-state index contributed by atoms with van der Waals surface area (Å²) < 4.78 is 15.0. The van der Waals surface area contributed by atoms with Crippen LogP contribution in [0, 0.1) is 0 Å². The second-order valence-corrected chi connectivity index (χ2v) is 17.8. The van der Waals surface area contributed by atoms with Crippen LogP contribution in [0.4, 0.5) is 0 Å². The zero-order chi connectivity index (χ0) is 22.2. The van der Waals surface area contributed by atoms with Gasteiger partial charge in [-0.15, -0.1) is 0 Å². The second-order valence-electron chi connectivity index (χ2n) is 6.88. The number of hydrogen-bond donors (Lipinski definition) is 0. The van der Waals surface area contributed by atoms with E-state index in [-0.39, 0.29) is 12.8 Å². The first kappa shape index (κ1) is 22.6. The van der Waals surface area contributed by atoms with Crippen molar-refractivity contribution in [2.45, 2.75) is 12.8 Å². The van der Waals surface area contributed by atoms with Gasteiger partial charge in [-0.3, -0.25) is 0 Å². The van der Waals surface area contributed by atoms with Gasteiger partial charge in [0.25, 0.3) is 0 Å². The molecule has 0 aliphatic rings. The molecule has 0 aliphatic heterocycles. The minimum absolute atomic E-state index is 0.00662. The van der Waals surface area contributed by atoms with Crippen LogP contribution in [0.15, 0.2) is 116 Å². The standard InChI is InChI=1S/3C6H5.2C4H6O2.Sb/c3*1-2-4-6-5-3-1;2*1-2-3-4(5)6;/h3*1-5H;2*2H,1,3H2,(H,5,6);/q;;;;;+2/p-2. The Morgan fingerprint density at radius 2 is 0.903 bits per heavy atom. The molecule has 0 saturated carbocycles. The first-order valence-electron chi connectivity index (χ1n) is 9.92. The summed E-state index contributed by atoms with van der Waals surface area (Å²) in [4.78, 5) is 26.1. The van der Waals surface area contributed by atoms with Crippen LogP contribution in [0.1, 0.15) is 12.8 Å². The Bertz CT molecular complexity index is 935. The summed E-state index contributed by atoms with van der Waals surface area (Å²) in [5, 5.41) is 0. The molecule has 0 aliphatic carbocycles. The van der Waals surface area contributed by atoms with Gasteiger partial charge in [0.1, 0.15) is 0 Å². The molecule has 0 amide bonds. The van der Waals surface area contributed by atoms with E-state index < -0.39 is 30.2 Å². The predicted molar refractivity (Wildman–Crippen MR) is 126 cm³/mol. The van der Waals surface area contributed by atoms with Gasteiger partial charge in [-0.25, -0.2) is 0 Å². The number of rotatable bonds is 9. The van der Waals surface area contributed by atoms with Gasteiger partial charge in [-0.1, -0.05) is 0 Å². The zero-order valence-electron chi connectivity index (χ0n) is 17.2. The Hall–Kier alpha value is -3.10. The summed E-state index contributed by atoms with van der Waals surface area (Å²) >= 11 is -5.64. The molecule has 3 aromatic carbocycles. The van der Waals surface area contributed by atoms with Crippen molar-refractivity contribution in [1.82, 2.24) is 0 Å². The molecule has 0 radical (unpaired) electrons. The second kappa shape index (κ2) is 9.80. The third kappa shape index (κ3) is 4.21. The summed E-state index contributed by atoms with van der Waals surface area (Å²) in [5.41, 5.74) is 0. The van der Waals surface area contributed by atoms with Crippen LogP contribution in [0.2, 0.25) is 0 Å². The number of benzene rings is 3. The number of hydrogen-bond acceptors (Lipinski definition) is 4. The number of carbonyl (C=O) groups excluding carboxylic acids is 2. The molecule has 31 heavy (non-hydrogen) atoms. The van der Waals surface area contributed by atoms with Crippen molar-refractivity contribution < 1.29 is 15.6 Å². The molecule has 158 valence electrons. The first-order chi connectivity index (χ1) is 15.1. The maximum absolute atomic E-state index is 13.1.